The highest BCUT2D eigenvalue weighted by Crippen LogP contribution is 2.31. The minimum atomic E-state index is -4.28. The van der Waals surface area contributed by atoms with Gasteiger partial charge in [0.05, 0.1) is 5.56 Å². The second-order valence-corrected chi connectivity index (χ2v) is 5.35. The van der Waals surface area contributed by atoms with Crippen molar-refractivity contribution >= 4 is 12.4 Å². The van der Waals surface area contributed by atoms with Crippen LogP contribution >= 0.6 is 12.4 Å². The molecule has 22 heavy (non-hydrogen) atoms. The van der Waals surface area contributed by atoms with E-state index in [-0.39, 0.29) is 12.4 Å². The molecular weight excluding hydrogens is 311 g/mol. The summed E-state index contributed by atoms with van der Waals surface area (Å²) in [5, 5.41) is 3.43. The molecule has 0 aliphatic carbocycles. The first kappa shape index (κ1) is 16.8. The molecule has 1 atom stereocenters. The third-order valence-corrected chi connectivity index (χ3v) is 3.92. The summed E-state index contributed by atoms with van der Waals surface area (Å²) in [5.41, 5.74) is 2.36. The summed E-state index contributed by atoms with van der Waals surface area (Å²) in [7, 11) is 0. The third-order valence-electron chi connectivity index (χ3n) is 3.92. The molecule has 0 saturated carbocycles. The highest BCUT2D eigenvalue weighted by molar-refractivity contribution is 5.85. The van der Waals surface area contributed by atoms with Crippen LogP contribution in [-0.2, 0) is 6.18 Å². The van der Waals surface area contributed by atoms with Gasteiger partial charge in [0, 0.05) is 6.04 Å². The summed E-state index contributed by atoms with van der Waals surface area (Å²) < 4.78 is 37.6. The van der Waals surface area contributed by atoms with Gasteiger partial charge in [0.15, 0.2) is 0 Å². The maximum absolute atomic E-state index is 12.5. The van der Waals surface area contributed by atoms with Gasteiger partial charge < -0.3 is 5.32 Å². The van der Waals surface area contributed by atoms with E-state index in [1.165, 1.54) is 24.1 Å². The Morgan fingerprint density at radius 1 is 0.864 bits per heavy atom. The Morgan fingerprint density at radius 3 is 1.86 bits per heavy atom. The summed E-state index contributed by atoms with van der Waals surface area (Å²) in [4.78, 5) is 0. The van der Waals surface area contributed by atoms with Gasteiger partial charge in [-0.25, -0.2) is 0 Å². The van der Waals surface area contributed by atoms with E-state index in [1.807, 2.05) is 12.1 Å². The SMILES string of the molecule is Cl.FC(F)(F)c1ccc(-c2ccc([C@@H]3CCCN3)cc2)cc1. The fourth-order valence-electron chi connectivity index (χ4n) is 2.73. The molecule has 5 heteroatoms. The molecule has 0 radical (unpaired) electrons. The van der Waals surface area contributed by atoms with E-state index in [1.54, 1.807) is 0 Å². The molecule has 0 aromatic heterocycles. The van der Waals surface area contributed by atoms with Crippen LogP contribution in [0.2, 0.25) is 0 Å². The second kappa shape index (κ2) is 6.71. The Labute approximate surface area is 134 Å². The molecule has 1 saturated heterocycles. The zero-order chi connectivity index (χ0) is 14.9. The second-order valence-electron chi connectivity index (χ2n) is 5.35. The minimum Gasteiger partial charge on any atom is -0.310 e. The molecule has 1 aliphatic heterocycles. The standard InChI is InChI=1S/C17H16F3N.ClH/c18-17(19,20)15-9-7-13(8-10-15)12-3-5-14(6-4-12)16-2-1-11-21-16;/h3-10,16,21H,1-2,11H2;1H/t16-;/m0./s1. The maximum atomic E-state index is 12.5. The van der Waals surface area contributed by atoms with Crippen molar-refractivity contribution in [3.63, 3.8) is 0 Å². The summed E-state index contributed by atoms with van der Waals surface area (Å²) in [6.07, 6.45) is -1.96. The molecule has 1 heterocycles. The molecule has 118 valence electrons. The van der Waals surface area contributed by atoms with E-state index in [0.717, 1.165) is 36.2 Å². The van der Waals surface area contributed by atoms with Gasteiger partial charge in [0.2, 0.25) is 0 Å². The monoisotopic (exact) mass is 327 g/mol. The van der Waals surface area contributed by atoms with Gasteiger partial charge in [0.1, 0.15) is 0 Å². The van der Waals surface area contributed by atoms with E-state index >= 15 is 0 Å². The van der Waals surface area contributed by atoms with Crippen molar-refractivity contribution in [3.05, 3.63) is 59.7 Å². The van der Waals surface area contributed by atoms with Gasteiger partial charge >= 0.3 is 6.18 Å². The van der Waals surface area contributed by atoms with Crippen molar-refractivity contribution in [3.8, 4) is 11.1 Å². The maximum Gasteiger partial charge on any atom is 0.416 e. The Balaban J connectivity index is 0.00000176. The lowest BCUT2D eigenvalue weighted by molar-refractivity contribution is -0.137. The van der Waals surface area contributed by atoms with Gasteiger partial charge in [-0.05, 0) is 48.2 Å². The van der Waals surface area contributed by atoms with Crippen molar-refractivity contribution in [2.75, 3.05) is 6.54 Å². The zero-order valence-electron chi connectivity index (χ0n) is 11.9. The predicted octanol–water partition coefficient (Wildman–Crippen LogP) is 5.22. The number of rotatable bonds is 2. The van der Waals surface area contributed by atoms with Crippen molar-refractivity contribution in [2.24, 2.45) is 0 Å². The lowest BCUT2D eigenvalue weighted by atomic mass is 9.99. The van der Waals surface area contributed by atoms with E-state index in [0.29, 0.717) is 6.04 Å². The molecule has 0 unspecified atom stereocenters. The van der Waals surface area contributed by atoms with Crippen LogP contribution in [-0.4, -0.2) is 6.54 Å². The van der Waals surface area contributed by atoms with Crippen LogP contribution < -0.4 is 5.32 Å². The zero-order valence-corrected chi connectivity index (χ0v) is 12.7. The molecule has 3 rings (SSSR count). The minimum absolute atomic E-state index is 0. The Morgan fingerprint density at radius 2 is 1.41 bits per heavy atom. The first-order valence-corrected chi connectivity index (χ1v) is 7.05. The van der Waals surface area contributed by atoms with E-state index in [9.17, 15) is 13.2 Å². The number of alkyl halides is 3. The lowest BCUT2D eigenvalue weighted by Gasteiger charge is -2.12. The normalized spacial score (nSPS) is 18.0. The average Bonchev–Trinajstić information content (AvgIpc) is 3.01. The number of hydrogen-bond donors (Lipinski definition) is 1. The fraction of sp³-hybridized carbons (Fsp3) is 0.294. The molecule has 0 spiro atoms. The van der Waals surface area contributed by atoms with Crippen LogP contribution in [0.15, 0.2) is 48.5 Å². The van der Waals surface area contributed by atoms with Crippen LogP contribution in [0.5, 0.6) is 0 Å². The fourth-order valence-corrected chi connectivity index (χ4v) is 2.73. The first-order valence-electron chi connectivity index (χ1n) is 7.05. The molecule has 0 bridgehead atoms. The molecule has 2 aromatic rings. The number of benzene rings is 2. The van der Waals surface area contributed by atoms with Gasteiger partial charge in [-0.3, -0.25) is 0 Å². The van der Waals surface area contributed by atoms with Crippen LogP contribution in [0.1, 0.15) is 30.0 Å². The van der Waals surface area contributed by atoms with Crippen molar-refractivity contribution in [1.29, 1.82) is 0 Å². The van der Waals surface area contributed by atoms with E-state index in [4.69, 9.17) is 0 Å². The van der Waals surface area contributed by atoms with Gasteiger partial charge in [-0.2, -0.15) is 13.2 Å². The molecule has 1 nitrogen and oxygen atoms in total. The molecule has 0 amide bonds. The topological polar surface area (TPSA) is 12.0 Å². The summed E-state index contributed by atoms with van der Waals surface area (Å²) >= 11 is 0. The van der Waals surface area contributed by atoms with Crippen LogP contribution in [0.4, 0.5) is 13.2 Å². The third kappa shape index (κ3) is 3.62. The molecular formula is C17H17ClF3N. The first-order chi connectivity index (χ1) is 10.0. The molecule has 1 fully saturated rings. The van der Waals surface area contributed by atoms with E-state index in [2.05, 4.69) is 17.4 Å². The summed E-state index contributed by atoms with van der Waals surface area (Å²) in [6.45, 7) is 1.05. The van der Waals surface area contributed by atoms with E-state index < -0.39 is 11.7 Å². The van der Waals surface area contributed by atoms with Crippen LogP contribution in [0.3, 0.4) is 0 Å². The number of nitrogens with one attached hydrogen (secondary N) is 1. The molecule has 1 aliphatic rings. The summed E-state index contributed by atoms with van der Waals surface area (Å²) in [6, 6.07) is 13.7. The molecule has 2 aromatic carbocycles. The number of hydrogen-bond acceptors (Lipinski definition) is 1. The molecule has 1 N–H and O–H groups in total. The quantitative estimate of drug-likeness (QED) is 0.797. The van der Waals surface area contributed by atoms with Gasteiger partial charge in [-0.15, -0.1) is 12.4 Å². The Kier molecular flexibility index (Phi) is 5.14. The highest BCUT2D eigenvalue weighted by atomic mass is 35.5. The van der Waals surface area contributed by atoms with Crippen molar-refractivity contribution < 1.29 is 13.2 Å². The highest BCUT2D eigenvalue weighted by Gasteiger charge is 2.29. The predicted molar refractivity (Wildman–Crippen MR) is 84.1 cm³/mol. The van der Waals surface area contributed by atoms with Gasteiger partial charge in [0.25, 0.3) is 0 Å². The average molecular weight is 328 g/mol. The Bertz CT molecular complexity index is 599. The largest absolute Gasteiger partial charge is 0.416 e. The van der Waals surface area contributed by atoms with Crippen molar-refractivity contribution in [1.82, 2.24) is 5.32 Å². The lowest BCUT2D eigenvalue weighted by Crippen LogP contribution is -2.12. The van der Waals surface area contributed by atoms with Crippen LogP contribution in [0.25, 0.3) is 11.1 Å². The van der Waals surface area contributed by atoms with Crippen LogP contribution in [0, 0.1) is 0 Å². The Hall–Kier alpha value is -1.52. The smallest absolute Gasteiger partial charge is 0.310 e. The van der Waals surface area contributed by atoms with Gasteiger partial charge in [-0.1, -0.05) is 36.4 Å². The van der Waals surface area contributed by atoms with Crippen molar-refractivity contribution in [2.45, 2.75) is 25.1 Å². The number of halogens is 4. The summed E-state index contributed by atoms with van der Waals surface area (Å²) in [5.74, 6) is 0.